The van der Waals surface area contributed by atoms with E-state index in [1.54, 1.807) is 11.3 Å². The van der Waals surface area contributed by atoms with Gasteiger partial charge in [-0.3, -0.25) is 14.7 Å². The van der Waals surface area contributed by atoms with E-state index in [9.17, 15) is 4.79 Å². The Morgan fingerprint density at radius 2 is 1.93 bits per heavy atom. The summed E-state index contributed by atoms with van der Waals surface area (Å²) in [6.07, 6.45) is 0.898. The summed E-state index contributed by atoms with van der Waals surface area (Å²) in [5.41, 5.74) is 1.26. The average Bonchev–Trinajstić information content (AvgIpc) is 3.08. The van der Waals surface area contributed by atoms with Crippen molar-refractivity contribution in [3.05, 3.63) is 16.1 Å². The second-order valence-electron chi connectivity index (χ2n) is 8.59. The van der Waals surface area contributed by atoms with Crippen LogP contribution in [-0.2, 0) is 16.6 Å². The van der Waals surface area contributed by atoms with Gasteiger partial charge in [-0.15, -0.1) is 35.3 Å². The van der Waals surface area contributed by atoms with Crippen molar-refractivity contribution in [1.29, 1.82) is 0 Å². The summed E-state index contributed by atoms with van der Waals surface area (Å²) in [6, 6.07) is 0.189. The highest BCUT2D eigenvalue weighted by Gasteiger charge is 2.21. The standard InChI is InChI=1S/C20H36N6OS.HI/c1-15(2)23-17(27)13-25-9-11-26(12-10-25)19(21-6)22-8-7-18-24-16(14-28-18)20(3,4)5;/h14-15H,7-13H2,1-6H3,(H,21,22)(H,23,27);1H. The lowest BCUT2D eigenvalue weighted by atomic mass is 9.93. The highest BCUT2D eigenvalue weighted by molar-refractivity contribution is 14.0. The summed E-state index contributed by atoms with van der Waals surface area (Å²) >= 11 is 1.73. The first-order chi connectivity index (χ1) is 13.2. The van der Waals surface area contributed by atoms with Gasteiger partial charge < -0.3 is 15.5 Å². The van der Waals surface area contributed by atoms with Crippen LogP contribution in [0.2, 0.25) is 0 Å². The van der Waals surface area contributed by atoms with Crippen LogP contribution < -0.4 is 10.6 Å². The van der Waals surface area contributed by atoms with Gasteiger partial charge in [0, 0.05) is 63.0 Å². The first kappa shape index (κ1) is 26.1. The zero-order chi connectivity index (χ0) is 20.7. The van der Waals surface area contributed by atoms with E-state index in [2.05, 4.69) is 51.6 Å². The van der Waals surface area contributed by atoms with Crippen LogP contribution in [0.3, 0.4) is 0 Å². The van der Waals surface area contributed by atoms with Crippen LogP contribution in [0.15, 0.2) is 10.4 Å². The smallest absolute Gasteiger partial charge is 0.234 e. The molecule has 7 nitrogen and oxygen atoms in total. The van der Waals surface area contributed by atoms with Gasteiger partial charge in [0.25, 0.3) is 0 Å². The predicted octanol–water partition coefficient (Wildman–Crippen LogP) is 2.32. The third kappa shape index (κ3) is 8.75. The van der Waals surface area contributed by atoms with Crippen LogP contribution in [0, 0.1) is 0 Å². The fourth-order valence-electron chi connectivity index (χ4n) is 3.07. The average molecular weight is 537 g/mol. The van der Waals surface area contributed by atoms with Gasteiger partial charge in [0.05, 0.1) is 17.2 Å². The minimum atomic E-state index is 0. The maximum Gasteiger partial charge on any atom is 0.234 e. The van der Waals surface area contributed by atoms with Gasteiger partial charge in [0.15, 0.2) is 5.96 Å². The Morgan fingerprint density at radius 3 is 2.45 bits per heavy atom. The summed E-state index contributed by atoms with van der Waals surface area (Å²) in [5, 5.41) is 9.74. The largest absolute Gasteiger partial charge is 0.356 e. The van der Waals surface area contributed by atoms with Crippen molar-refractivity contribution < 1.29 is 4.79 Å². The van der Waals surface area contributed by atoms with Crippen LogP contribution in [0.1, 0.15) is 45.3 Å². The lowest BCUT2D eigenvalue weighted by Gasteiger charge is -2.36. The molecular weight excluding hydrogens is 499 g/mol. The Balaban J connectivity index is 0.00000420. The molecule has 0 aromatic carbocycles. The summed E-state index contributed by atoms with van der Waals surface area (Å²) in [6.45, 7) is 15.3. The van der Waals surface area contributed by atoms with Gasteiger partial charge in [0.2, 0.25) is 5.91 Å². The molecule has 1 aromatic heterocycles. The van der Waals surface area contributed by atoms with Crippen molar-refractivity contribution in [3.8, 4) is 0 Å². The lowest BCUT2D eigenvalue weighted by molar-refractivity contribution is -0.123. The summed E-state index contributed by atoms with van der Waals surface area (Å²) < 4.78 is 0. The number of hydrogen-bond acceptors (Lipinski definition) is 5. The summed E-state index contributed by atoms with van der Waals surface area (Å²) in [5.74, 6) is 1.03. The number of halogens is 1. The van der Waals surface area contributed by atoms with E-state index in [0.29, 0.717) is 6.54 Å². The highest BCUT2D eigenvalue weighted by atomic mass is 127. The maximum absolute atomic E-state index is 11.9. The molecule has 2 rings (SSSR count). The Hall–Kier alpha value is -0.940. The quantitative estimate of drug-likeness (QED) is 0.332. The Morgan fingerprint density at radius 1 is 1.28 bits per heavy atom. The first-order valence-electron chi connectivity index (χ1n) is 10.1. The molecule has 0 spiro atoms. The Labute approximate surface area is 196 Å². The topological polar surface area (TPSA) is 72.9 Å². The van der Waals surface area contributed by atoms with Gasteiger partial charge in [-0.05, 0) is 13.8 Å². The minimum absolute atomic E-state index is 0. The third-order valence-corrected chi connectivity index (χ3v) is 5.55. The zero-order valence-electron chi connectivity index (χ0n) is 18.6. The molecule has 0 radical (unpaired) electrons. The number of aliphatic imine (C=N–C) groups is 1. The zero-order valence-corrected chi connectivity index (χ0v) is 21.8. The van der Waals surface area contributed by atoms with Crippen molar-refractivity contribution in [2.24, 2.45) is 4.99 Å². The number of piperazine rings is 1. The number of aromatic nitrogens is 1. The normalized spacial score (nSPS) is 16.0. The first-order valence-corrected chi connectivity index (χ1v) is 11.0. The minimum Gasteiger partial charge on any atom is -0.356 e. The molecule has 1 saturated heterocycles. The number of guanidine groups is 1. The maximum atomic E-state index is 11.9. The van der Waals surface area contributed by atoms with Crippen LogP contribution in [0.5, 0.6) is 0 Å². The van der Waals surface area contributed by atoms with Crippen LogP contribution in [0.4, 0.5) is 0 Å². The van der Waals surface area contributed by atoms with Crippen molar-refractivity contribution in [3.63, 3.8) is 0 Å². The van der Waals surface area contributed by atoms with E-state index >= 15 is 0 Å². The molecule has 2 heterocycles. The Bertz CT molecular complexity index is 662. The second kappa shape index (κ2) is 12.0. The third-order valence-electron chi connectivity index (χ3n) is 4.64. The number of carbonyl (C=O) groups excluding carboxylic acids is 1. The van der Waals surface area contributed by atoms with Gasteiger partial charge in [-0.1, -0.05) is 20.8 Å². The molecule has 1 aromatic rings. The molecule has 1 aliphatic heterocycles. The molecule has 0 aliphatic carbocycles. The second-order valence-corrected chi connectivity index (χ2v) is 9.53. The number of hydrogen-bond donors (Lipinski definition) is 2. The van der Waals surface area contributed by atoms with E-state index in [1.165, 1.54) is 0 Å². The molecule has 1 fully saturated rings. The van der Waals surface area contributed by atoms with Crippen molar-refractivity contribution in [2.75, 3.05) is 46.3 Å². The van der Waals surface area contributed by atoms with E-state index < -0.39 is 0 Å². The number of thiazole rings is 1. The molecule has 9 heteroatoms. The lowest BCUT2D eigenvalue weighted by Crippen LogP contribution is -2.54. The van der Waals surface area contributed by atoms with Crippen molar-refractivity contribution in [1.82, 2.24) is 25.4 Å². The molecule has 0 unspecified atom stereocenters. The molecule has 2 N–H and O–H groups in total. The number of nitrogens with zero attached hydrogens (tertiary/aromatic N) is 4. The van der Waals surface area contributed by atoms with Crippen LogP contribution >= 0.6 is 35.3 Å². The summed E-state index contributed by atoms with van der Waals surface area (Å²) in [7, 11) is 1.83. The number of nitrogens with one attached hydrogen (secondary N) is 2. The predicted molar refractivity (Wildman–Crippen MR) is 133 cm³/mol. The van der Waals surface area contributed by atoms with Gasteiger partial charge in [-0.2, -0.15) is 0 Å². The van der Waals surface area contributed by atoms with Crippen LogP contribution in [0.25, 0.3) is 0 Å². The van der Waals surface area contributed by atoms with E-state index in [4.69, 9.17) is 4.98 Å². The van der Waals surface area contributed by atoms with E-state index in [-0.39, 0.29) is 41.3 Å². The molecule has 29 heavy (non-hydrogen) atoms. The van der Waals surface area contributed by atoms with Gasteiger partial charge >= 0.3 is 0 Å². The summed E-state index contributed by atoms with van der Waals surface area (Å²) in [4.78, 5) is 25.6. The highest BCUT2D eigenvalue weighted by Crippen LogP contribution is 2.23. The molecule has 1 amide bonds. The van der Waals surface area contributed by atoms with Gasteiger partial charge in [0.1, 0.15) is 0 Å². The fourth-order valence-corrected chi connectivity index (χ4v) is 4.10. The van der Waals surface area contributed by atoms with Crippen molar-refractivity contribution in [2.45, 2.75) is 52.5 Å². The SMILES string of the molecule is CN=C(NCCc1nc(C(C)(C)C)cs1)N1CCN(CC(=O)NC(C)C)CC1.I. The molecule has 0 bridgehead atoms. The monoisotopic (exact) mass is 536 g/mol. The van der Waals surface area contributed by atoms with E-state index in [0.717, 1.165) is 55.8 Å². The van der Waals surface area contributed by atoms with Crippen molar-refractivity contribution >= 4 is 47.2 Å². The molecule has 1 aliphatic rings. The Kier molecular flexibility index (Phi) is 10.8. The number of carbonyl (C=O) groups is 1. The number of amides is 1. The molecule has 0 atom stereocenters. The molecular formula is C20H37IN6OS. The molecule has 166 valence electrons. The fraction of sp³-hybridized carbons (Fsp3) is 0.750. The molecule has 0 saturated carbocycles. The van der Waals surface area contributed by atoms with Crippen LogP contribution in [-0.4, -0.2) is 79.0 Å². The van der Waals surface area contributed by atoms with Gasteiger partial charge in [-0.25, -0.2) is 4.98 Å². The van der Waals surface area contributed by atoms with E-state index in [1.807, 2.05) is 20.9 Å². The number of rotatable bonds is 6.